The van der Waals surface area contributed by atoms with E-state index in [0.29, 0.717) is 21.9 Å². The second-order valence-corrected chi connectivity index (χ2v) is 10.8. The van der Waals surface area contributed by atoms with Gasteiger partial charge in [-0.3, -0.25) is 9.59 Å². The number of carbonyl (C=O) groups excluding carboxylic acids is 2. The molecule has 4 rings (SSSR count). The molecule has 1 aliphatic carbocycles. The molecule has 3 heterocycles. The molecule has 0 radical (unpaired) electrons. The van der Waals surface area contributed by atoms with Gasteiger partial charge in [-0.2, -0.15) is 0 Å². The molecule has 10 nitrogen and oxygen atoms in total. The molecule has 0 unspecified atom stereocenters. The maximum atomic E-state index is 12.3. The van der Waals surface area contributed by atoms with E-state index in [1.165, 1.54) is 22.7 Å². The van der Waals surface area contributed by atoms with Crippen LogP contribution in [0.5, 0.6) is 5.19 Å². The van der Waals surface area contributed by atoms with Crippen LogP contribution in [0.2, 0.25) is 0 Å². The topological polar surface area (TPSA) is 122 Å². The first-order chi connectivity index (χ1) is 19.5. The Balaban J connectivity index is 0.00000216. The molecule has 12 heteroatoms. The van der Waals surface area contributed by atoms with Gasteiger partial charge in [0.2, 0.25) is 27.2 Å². The van der Waals surface area contributed by atoms with Gasteiger partial charge in [0.1, 0.15) is 6.10 Å². The largest absolute Gasteiger partial charge is 0.465 e. The number of amides is 2. The minimum Gasteiger partial charge on any atom is -0.465 e. The Hall–Kier alpha value is -4.08. The van der Waals surface area contributed by atoms with E-state index in [-0.39, 0.29) is 24.3 Å². The van der Waals surface area contributed by atoms with Crippen LogP contribution in [0.15, 0.2) is 60.3 Å². The first-order valence-electron chi connectivity index (χ1n) is 12.8. The van der Waals surface area contributed by atoms with Gasteiger partial charge in [0, 0.05) is 32.4 Å². The molecule has 0 atom stereocenters. The molecule has 0 bridgehead atoms. The van der Waals surface area contributed by atoms with Crippen LogP contribution in [-0.4, -0.2) is 51.4 Å². The molecule has 2 aliphatic rings. The van der Waals surface area contributed by atoms with Crippen LogP contribution in [0.1, 0.15) is 45.4 Å². The van der Waals surface area contributed by atoms with Crippen molar-refractivity contribution in [2.75, 3.05) is 28.6 Å². The first kappa shape index (κ1) is 30.5. The molecule has 2 amide bonds. The summed E-state index contributed by atoms with van der Waals surface area (Å²) in [4.78, 5) is 26.7. The highest BCUT2D eigenvalue weighted by atomic mass is 32.1. The molecule has 2 aromatic heterocycles. The van der Waals surface area contributed by atoms with Gasteiger partial charge in [-0.05, 0) is 36.7 Å². The smallest absolute Gasteiger partial charge is 0.296 e. The summed E-state index contributed by atoms with van der Waals surface area (Å²) in [5.74, 6) is -0.241. The molecule has 1 saturated heterocycles. The normalized spacial score (nSPS) is 15.6. The van der Waals surface area contributed by atoms with E-state index in [4.69, 9.17) is 4.74 Å². The molecule has 0 aromatic carbocycles. The summed E-state index contributed by atoms with van der Waals surface area (Å²) in [5, 5.41) is 24.2. The van der Waals surface area contributed by atoms with Crippen molar-refractivity contribution in [3.63, 3.8) is 0 Å². The lowest BCUT2D eigenvalue weighted by Gasteiger charge is -2.30. The molecule has 1 fully saturated rings. The monoisotopic (exact) mass is 579 g/mol. The molecular formula is C28H33N7O3S2. The summed E-state index contributed by atoms with van der Waals surface area (Å²) < 4.78 is 6.01. The molecule has 2 aromatic rings. The van der Waals surface area contributed by atoms with Crippen molar-refractivity contribution in [3.8, 4) is 18.0 Å². The fourth-order valence-electron chi connectivity index (χ4n) is 3.93. The standard InChI is InChI=1S/C26H31N7O3S2.C2H2/c1-3-4-6-9-18(2)16-21(34)27-24-30-32-26(38-24)36-20-12-14-33(15-13-20)25-31-29-23(37-25)28-22(35)17-19-10-7-5-8-11-19;1-2/h3-4,6-7,9-11,20H,1,5,8,12-17H2,2H3,(H,27,30,34)(H,28,29,35);1-2H/b6-4-,18-9+;. The first-order valence-corrected chi connectivity index (χ1v) is 14.4. The number of hydrogen-bond donors (Lipinski definition) is 2. The number of hydrogen-bond acceptors (Lipinski definition) is 10. The Morgan fingerprint density at radius 2 is 1.80 bits per heavy atom. The summed E-state index contributed by atoms with van der Waals surface area (Å²) in [6, 6.07) is 0. The van der Waals surface area contributed by atoms with Crippen molar-refractivity contribution in [3.05, 3.63) is 60.3 Å². The van der Waals surface area contributed by atoms with Gasteiger partial charge >= 0.3 is 0 Å². The van der Waals surface area contributed by atoms with Crippen LogP contribution in [0.3, 0.4) is 0 Å². The molecule has 0 spiro atoms. The summed E-state index contributed by atoms with van der Waals surface area (Å²) in [6.45, 7) is 7.00. The Morgan fingerprint density at radius 3 is 2.52 bits per heavy atom. The zero-order valence-corrected chi connectivity index (χ0v) is 24.0. The number of allylic oxidation sites excluding steroid dienone is 7. The molecule has 40 heavy (non-hydrogen) atoms. The predicted molar refractivity (Wildman–Crippen MR) is 162 cm³/mol. The second-order valence-electron chi connectivity index (χ2n) is 8.91. The van der Waals surface area contributed by atoms with Crippen LogP contribution in [0.4, 0.5) is 15.4 Å². The molecule has 1 aliphatic heterocycles. The van der Waals surface area contributed by atoms with Crippen molar-refractivity contribution in [2.24, 2.45) is 0 Å². The van der Waals surface area contributed by atoms with Gasteiger partial charge in [0.05, 0.1) is 6.42 Å². The average Bonchev–Trinajstić information content (AvgIpc) is 3.60. The van der Waals surface area contributed by atoms with E-state index in [0.717, 1.165) is 55.1 Å². The lowest BCUT2D eigenvalue weighted by atomic mass is 10.0. The van der Waals surface area contributed by atoms with Crippen molar-refractivity contribution in [2.45, 2.75) is 51.6 Å². The maximum Gasteiger partial charge on any atom is 0.296 e. The van der Waals surface area contributed by atoms with E-state index in [1.54, 1.807) is 12.2 Å². The van der Waals surface area contributed by atoms with Crippen LogP contribution in [0.25, 0.3) is 0 Å². The summed E-state index contributed by atoms with van der Waals surface area (Å²) in [5.41, 5.74) is 1.96. The van der Waals surface area contributed by atoms with Gasteiger partial charge in [-0.1, -0.05) is 71.1 Å². The Kier molecular flexibility index (Phi) is 12.3. The summed E-state index contributed by atoms with van der Waals surface area (Å²) >= 11 is 2.59. The zero-order valence-electron chi connectivity index (χ0n) is 22.4. The third-order valence-corrected chi connectivity index (χ3v) is 7.43. The number of ether oxygens (including phenoxy) is 1. The van der Waals surface area contributed by atoms with E-state index < -0.39 is 0 Å². The number of aromatic nitrogens is 4. The third kappa shape index (κ3) is 9.91. The minimum atomic E-state index is -0.155. The van der Waals surface area contributed by atoms with Crippen LogP contribution in [-0.2, 0) is 9.59 Å². The lowest BCUT2D eigenvalue weighted by Crippen LogP contribution is -2.38. The number of terminal acetylenes is 1. The lowest BCUT2D eigenvalue weighted by molar-refractivity contribution is -0.116. The number of carbonyl (C=O) groups is 2. The Bertz CT molecular complexity index is 1300. The van der Waals surface area contributed by atoms with E-state index in [2.05, 4.69) is 67.5 Å². The fraction of sp³-hybridized carbons (Fsp3) is 0.357. The Morgan fingerprint density at radius 1 is 1.07 bits per heavy atom. The quantitative estimate of drug-likeness (QED) is 0.271. The van der Waals surface area contributed by atoms with Crippen molar-refractivity contribution in [1.82, 2.24) is 20.4 Å². The number of anilines is 3. The summed E-state index contributed by atoms with van der Waals surface area (Å²) in [7, 11) is 0. The van der Waals surface area contributed by atoms with Crippen molar-refractivity contribution in [1.29, 1.82) is 0 Å². The number of rotatable bonds is 11. The maximum absolute atomic E-state index is 12.3. The van der Waals surface area contributed by atoms with E-state index in [1.807, 2.05) is 25.2 Å². The third-order valence-electron chi connectivity index (χ3n) is 5.80. The molecule has 0 saturated carbocycles. The number of piperidine rings is 1. The zero-order chi connectivity index (χ0) is 28.7. The van der Waals surface area contributed by atoms with E-state index >= 15 is 0 Å². The fourth-order valence-corrected chi connectivity index (χ4v) is 5.42. The van der Waals surface area contributed by atoms with Crippen LogP contribution < -0.4 is 20.3 Å². The SMILES string of the molecule is C#C.C=C/C=C\C=C(/C)CC(=O)Nc1nnc(OC2CCN(c3nnc(NC(=O)CC4=CCCC=C4)s3)CC2)s1. The van der Waals surface area contributed by atoms with E-state index in [9.17, 15) is 9.59 Å². The highest BCUT2D eigenvalue weighted by Gasteiger charge is 2.24. The number of nitrogens with one attached hydrogen (secondary N) is 2. The molecule has 2 N–H and O–H groups in total. The minimum absolute atomic E-state index is 0.00602. The van der Waals surface area contributed by atoms with Gasteiger partial charge in [-0.25, -0.2) is 0 Å². The highest BCUT2D eigenvalue weighted by Crippen LogP contribution is 2.30. The summed E-state index contributed by atoms with van der Waals surface area (Å²) in [6.07, 6.45) is 25.6. The van der Waals surface area contributed by atoms with Crippen molar-refractivity contribution >= 4 is 49.9 Å². The van der Waals surface area contributed by atoms with Crippen molar-refractivity contribution < 1.29 is 14.3 Å². The van der Waals surface area contributed by atoms with Crippen LogP contribution >= 0.6 is 22.7 Å². The van der Waals surface area contributed by atoms with Gasteiger partial charge in [-0.15, -0.1) is 28.1 Å². The molecule has 210 valence electrons. The average molecular weight is 580 g/mol. The van der Waals surface area contributed by atoms with Gasteiger partial charge < -0.3 is 20.3 Å². The van der Waals surface area contributed by atoms with Gasteiger partial charge in [0.15, 0.2) is 0 Å². The number of nitrogens with zero attached hydrogens (tertiary/aromatic N) is 5. The second kappa shape index (κ2) is 16.1. The predicted octanol–water partition coefficient (Wildman–Crippen LogP) is 5.31. The molecular weight excluding hydrogens is 546 g/mol. The highest BCUT2D eigenvalue weighted by molar-refractivity contribution is 7.19. The van der Waals surface area contributed by atoms with Crippen LogP contribution in [0, 0.1) is 12.8 Å². The van der Waals surface area contributed by atoms with Gasteiger partial charge in [0.25, 0.3) is 5.19 Å². The Labute approximate surface area is 242 Å².